The molecule has 0 saturated carbocycles. The van der Waals surface area contributed by atoms with E-state index >= 15 is 0 Å². The lowest BCUT2D eigenvalue weighted by molar-refractivity contribution is -0.116. The number of carbonyl (C=O) groups is 1. The van der Waals surface area contributed by atoms with Gasteiger partial charge in [0.05, 0.1) is 24.9 Å². The van der Waals surface area contributed by atoms with Crippen molar-refractivity contribution in [2.45, 2.75) is 12.8 Å². The second-order valence-electron chi connectivity index (χ2n) is 4.87. The lowest BCUT2D eigenvalue weighted by Crippen LogP contribution is -2.13. The van der Waals surface area contributed by atoms with Crippen LogP contribution in [0.25, 0.3) is 0 Å². The molecule has 0 spiro atoms. The number of benzene rings is 2. The zero-order valence-electron chi connectivity index (χ0n) is 12.9. The minimum Gasteiger partial charge on any atom is -0.495 e. The molecular formula is C17H17ClFNO3. The van der Waals surface area contributed by atoms with Gasteiger partial charge in [-0.25, -0.2) is 4.39 Å². The Morgan fingerprint density at radius 2 is 1.91 bits per heavy atom. The molecule has 0 saturated heterocycles. The third-order valence-electron chi connectivity index (χ3n) is 3.28. The average molecular weight is 338 g/mol. The van der Waals surface area contributed by atoms with Crippen molar-refractivity contribution in [3.63, 3.8) is 0 Å². The highest BCUT2D eigenvalue weighted by molar-refractivity contribution is 6.32. The van der Waals surface area contributed by atoms with Crippen molar-refractivity contribution in [1.82, 2.24) is 0 Å². The lowest BCUT2D eigenvalue weighted by atomic mass is 10.1. The Morgan fingerprint density at radius 1 is 1.17 bits per heavy atom. The fraction of sp³-hybridized carbons (Fsp3) is 0.235. The highest BCUT2D eigenvalue weighted by Crippen LogP contribution is 2.35. The summed E-state index contributed by atoms with van der Waals surface area (Å²) in [7, 11) is 2.99. The van der Waals surface area contributed by atoms with E-state index < -0.39 is 0 Å². The van der Waals surface area contributed by atoms with Crippen molar-refractivity contribution < 1.29 is 18.7 Å². The summed E-state index contributed by atoms with van der Waals surface area (Å²) in [6.45, 7) is 0. The first kappa shape index (κ1) is 17.1. The van der Waals surface area contributed by atoms with Gasteiger partial charge < -0.3 is 14.8 Å². The predicted octanol–water partition coefficient (Wildman–Crippen LogP) is 4.07. The Kier molecular flexibility index (Phi) is 5.82. The summed E-state index contributed by atoms with van der Waals surface area (Å²) in [4.78, 5) is 12.1. The van der Waals surface area contributed by atoms with E-state index in [-0.39, 0.29) is 18.1 Å². The van der Waals surface area contributed by atoms with E-state index in [4.69, 9.17) is 21.1 Å². The number of hydrogen-bond donors (Lipinski definition) is 1. The molecule has 0 aliphatic carbocycles. The third-order valence-corrected chi connectivity index (χ3v) is 3.57. The van der Waals surface area contributed by atoms with Gasteiger partial charge in [-0.3, -0.25) is 4.79 Å². The summed E-state index contributed by atoms with van der Waals surface area (Å²) in [5, 5.41) is 3.11. The van der Waals surface area contributed by atoms with Crippen LogP contribution in [0.5, 0.6) is 11.5 Å². The van der Waals surface area contributed by atoms with Gasteiger partial charge in [0.15, 0.2) is 0 Å². The van der Waals surface area contributed by atoms with Gasteiger partial charge in [-0.15, -0.1) is 0 Å². The zero-order valence-corrected chi connectivity index (χ0v) is 13.6. The molecule has 122 valence electrons. The minimum atomic E-state index is -0.313. The number of aryl methyl sites for hydroxylation is 1. The van der Waals surface area contributed by atoms with E-state index in [1.807, 2.05) is 0 Å². The van der Waals surface area contributed by atoms with Crippen molar-refractivity contribution in [3.05, 3.63) is 52.8 Å². The van der Waals surface area contributed by atoms with Gasteiger partial charge in [0, 0.05) is 12.5 Å². The molecule has 1 amide bonds. The van der Waals surface area contributed by atoms with Crippen LogP contribution in [-0.4, -0.2) is 20.1 Å². The molecule has 6 heteroatoms. The molecular weight excluding hydrogens is 321 g/mol. The normalized spacial score (nSPS) is 10.3. The SMILES string of the molecule is COc1cc(OC)c(NC(=O)CCc2cccc(F)c2)cc1Cl. The number of halogens is 2. The van der Waals surface area contributed by atoms with Gasteiger partial charge in [-0.1, -0.05) is 23.7 Å². The van der Waals surface area contributed by atoms with Crippen LogP contribution in [0.1, 0.15) is 12.0 Å². The molecule has 2 aromatic carbocycles. The van der Waals surface area contributed by atoms with Crippen LogP contribution in [0.2, 0.25) is 5.02 Å². The maximum Gasteiger partial charge on any atom is 0.224 e. The summed E-state index contributed by atoms with van der Waals surface area (Å²) < 4.78 is 23.4. The molecule has 0 bridgehead atoms. The van der Waals surface area contributed by atoms with Gasteiger partial charge in [-0.2, -0.15) is 0 Å². The fourth-order valence-electron chi connectivity index (χ4n) is 2.12. The molecule has 1 N–H and O–H groups in total. The van der Waals surface area contributed by atoms with Crippen LogP contribution < -0.4 is 14.8 Å². The van der Waals surface area contributed by atoms with E-state index in [0.717, 1.165) is 5.56 Å². The number of methoxy groups -OCH3 is 2. The molecule has 0 aliphatic rings. The van der Waals surface area contributed by atoms with Gasteiger partial charge in [0.25, 0.3) is 0 Å². The Balaban J connectivity index is 2.03. The molecule has 0 radical (unpaired) electrons. The minimum absolute atomic E-state index is 0.214. The molecule has 23 heavy (non-hydrogen) atoms. The molecule has 4 nitrogen and oxygen atoms in total. The Morgan fingerprint density at radius 3 is 2.57 bits per heavy atom. The second kappa shape index (κ2) is 7.83. The largest absolute Gasteiger partial charge is 0.495 e. The van der Waals surface area contributed by atoms with E-state index in [0.29, 0.717) is 28.6 Å². The first-order valence-electron chi connectivity index (χ1n) is 6.99. The monoisotopic (exact) mass is 337 g/mol. The molecule has 2 aromatic rings. The first-order valence-corrected chi connectivity index (χ1v) is 7.37. The quantitative estimate of drug-likeness (QED) is 0.864. The number of rotatable bonds is 6. The van der Waals surface area contributed by atoms with Crippen LogP contribution in [0.15, 0.2) is 36.4 Å². The number of carbonyl (C=O) groups excluding carboxylic acids is 1. The van der Waals surface area contributed by atoms with E-state index in [2.05, 4.69) is 5.32 Å². The molecule has 2 rings (SSSR count). The van der Waals surface area contributed by atoms with Crippen molar-refractivity contribution in [2.24, 2.45) is 0 Å². The van der Waals surface area contributed by atoms with Gasteiger partial charge in [0.1, 0.15) is 17.3 Å². The predicted molar refractivity (Wildman–Crippen MR) is 87.9 cm³/mol. The molecule has 0 atom stereocenters. The summed E-state index contributed by atoms with van der Waals surface area (Å²) in [6, 6.07) is 9.35. The second-order valence-corrected chi connectivity index (χ2v) is 5.27. The zero-order chi connectivity index (χ0) is 16.8. The summed E-state index contributed by atoms with van der Waals surface area (Å²) in [5.41, 5.74) is 1.22. The smallest absolute Gasteiger partial charge is 0.224 e. The van der Waals surface area contributed by atoms with Crippen LogP contribution in [0, 0.1) is 5.82 Å². The summed E-state index contributed by atoms with van der Waals surface area (Å²) in [5.74, 6) is 0.381. The Bertz CT molecular complexity index is 706. The van der Waals surface area contributed by atoms with Crippen molar-refractivity contribution in [2.75, 3.05) is 19.5 Å². The Hall–Kier alpha value is -2.27. The number of anilines is 1. The number of ether oxygens (including phenoxy) is 2. The summed E-state index contributed by atoms with van der Waals surface area (Å²) >= 11 is 6.06. The highest BCUT2D eigenvalue weighted by Gasteiger charge is 2.12. The topological polar surface area (TPSA) is 47.6 Å². The van der Waals surface area contributed by atoms with Crippen LogP contribution in [0.4, 0.5) is 10.1 Å². The average Bonchev–Trinajstić information content (AvgIpc) is 2.53. The van der Waals surface area contributed by atoms with Crippen molar-refractivity contribution in [1.29, 1.82) is 0 Å². The molecule has 0 heterocycles. The maximum atomic E-state index is 13.1. The highest BCUT2D eigenvalue weighted by atomic mass is 35.5. The van der Waals surface area contributed by atoms with Crippen LogP contribution in [0.3, 0.4) is 0 Å². The molecule has 0 fully saturated rings. The van der Waals surface area contributed by atoms with Crippen molar-refractivity contribution >= 4 is 23.2 Å². The lowest BCUT2D eigenvalue weighted by Gasteiger charge is -2.13. The van der Waals surface area contributed by atoms with Crippen LogP contribution >= 0.6 is 11.6 Å². The molecule has 0 unspecified atom stereocenters. The number of nitrogens with one attached hydrogen (secondary N) is 1. The van der Waals surface area contributed by atoms with Gasteiger partial charge in [0.2, 0.25) is 5.91 Å². The van der Waals surface area contributed by atoms with Gasteiger partial charge in [-0.05, 0) is 30.2 Å². The van der Waals surface area contributed by atoms with Crippen LogP contribution in [-0.2, 0) is 11.2 Å². The third kappa shape index (κ3) is 4.60. The maximum absolute atomic E-state index is 13.1. The van der Waals surface area contributed by atoms with E-state index in [1.54, 1.807) is 24.3 Å². The van der Waals surface area contributed by atoms with E-state index in [9.17, 15) is 9.18 Å². The summed E-state index contributed by atoms with van der Waals surface area (Å²) in [6.07, 6.45) is 0.659. The Labute approximate surface area is 139 Å². The van der Waals surface area contributed by atoms with E-state index in [1.165, 1.54) is 26.4 Å². The first-order chi connectivity index (χ1) is 11.0. The van der Waals surface area contributed by atoms with Gasteiger partial charge >= 0.3 is 0 Å². The molecule has 0 aliphatic heterocycles. The molecule has 0 aromatic heterocycles. The standard InChI is InChI=1S/C17H17ClFNO3/c1-22-15-10-16(23-2)14(9-13(15)18)20-17(21)7-6-11-4-3-5-12(19)8-11/h3-5,8-10H,6-7H2,1-2H3,(H,20,21). The number of hydrogen-bond acceptors (Lipinski definition) is 3. The van der Waals surface area contributed by atoms with Crippen molar-refractivity contribution in [3.8, 4) is 11.5 Å². The number of amides is 1. The fourth-order valence-corrected chi connectivity index (χ4v) is 2.36.